The average Bonchev–Trinajstić information content (AvgIpc) is 2.29. The lowest BCUT2D eigenvalue weighted by Crippen LogP contribution is -2.00. The Morgan fingerprint density at radius 2 is 1.80 bits per heavy atom. The summed E-state index contributed by atoms with van der Waals surface area (Å²) in [7, 11) is 3.20. The largest absolute Gasteiger partial charge is 0.465 e. The van der Waals surface area contributed by atoms with Crippen LogP contribution in [0.25, 0.3) is 0 Å². The van der Waals surface area contributed by atoms with E-state index < -0.39 is 0 Å². The molecule has 4 nitrogen and oxygen atoms in total. The normalized spacial score (nSPS) is 8.20. The second-order valence-corrected chi connectivity index (χ2v) is 2.55. The Labute approximate surface area is 89.2 Å². The summed E-state index contributed by atoms with van der Waals surface area (Å²) in [6, 6.07) is 7.09. The fraction of sp³-hybridized carbons (Fsp3) is 0.273. The predicted octanol–water partition coefficient (Wildman–Crippen LogP) is 1.72. The Kier molecular flexibility index (Phi) is 6.63. The van der Waals surface area contributed by atoms with Crippen LogP contribution in [0.4, 0.5) is 5.69 Å². The second kappa shape index (κ2) is 7.55. The minimum atomic E-state index is -0.308. The smallest absolute Gasteiger partial charge is 0.337 e. The highest BCUT2D eigenvalue weighted by Crippen LogP contribution is 2.08. The van der Waals surface area contributed by atoms with Gasteiger partial charge in [-0.05, 0) is 31.2 Å². The molecular weight excluding hydrogens is 194 g/mol. The molecule has 0 atom stereocenters. The van der Waals surface area contributed by atoms with Crippen molar-refractivity contribution in [2.45, 2.75) is 6.92 Å². The van der Waals surface area contributed by atoms with Gasteiger partial charge in [-0.3, -0.25) is 0 Å². The molecule has 0 saturated heterocycles. The fourth-order valence-electron chi connectivity index (χ4n) is 0.891. The lowest BCUT2D eigenvalue weighted by atomic mass is 10.2. The van der Waals surface area contributed by atoms with Crippen molar-refractivity contribution in [3.63, 3.8) is 0 Å². The summed E-state index contributed by atoms with van der Waals surface area (Å²) >= 11 is 0. The van der Waals surface area contributed by atoms with E-state index in [4.69, 9.17) is 4.79 Å². The van der Waals surface area contributed by atoms with Gasteiger partial charge in [0, 0.05) is 12.7 Å². The quantitative estimate of drug-likeness (QED) is 0.595. The summed E-state index contributed by atoms with van der Waals surface area (Å²) in [6.45, 7) is 1.44. The van der Waals surface area contributed by atoms with E-state index in [-0.39, 0.29) is 5.97 Å². The lowest BCUT2D eigenvalue weighted by Gasteiger charge is -2.01. The Hall–Kier alpha value is -1.84. The first-order valence-corrected chi connectivity index (χ1v) is 4.45. The van der Waals surface area contributed by atoms with Crippen LogP contribution in [0, 0.1) is 0 Å². The first kappa shape index (κ1) is 13.2. The maximum Gasteiger partial charge on any atom is 0.337 e. The van der Waals surface area contributed by atoms with E-state index in [0.717, 1.165) is 12.0 Å². The minimum absolute atomic E-state index is 0.308. The molecule has 0 amide bonds. The number of nitrogens with one attached hydrogen (secondary N) is 1. The van der Waals surface area contributed by atoms with Gasteiger partial charge in [-0.25, -0.2) is 4.79 Å². The molecule has 15 heavy (non-hydrogen) atoms. The van der Waals surface area contributed by atoms with Crippen molar-refractivity contribution in [1.29, 1.82) is 0 Å². The Morgan fingerprint density at radius 3 is 2.13 bits per heavy atom. The van der Waals surface area contributed by atoms with Crippen LogP contribution in [-0.2, 0) is 9.53 Å². The van der Waals surface area contributed by atoms with Gasteiger partial charge < -0.3 is 14.8 Å². The van der Waals surface area contributed by atoms with Crippen LogP contribution in [0.1, 0.15) is 17.3 Å². The van der Waals surface area contributed by atoms with Crippen molar-refractivity contribution in [2.24, 2.45) is 0 Å². The minimum Gasteiger partial charge on any atom is -0.465 e. The van der Waals surface area contributed by atoms with E-state index in [1.807, 2.05) is 19.2 Å². The summed E-state index contributed by atoms with van der Waals surface area (Å²) < 4.78 is 4.55. The molecule has 1 aromatic rings. The number of carbonyl (C=O) groups excluding carboxylic acids is 2. The third-order valence-electron chi connectivity index (χ3n) is 1.59. The van der Waals surface area contributed by atoms with Crippen molar-refractivity contribution in [1.82, 2.24) is 0 Å². The molecule has 1 rings (SSSR count). The van der Waals surface area contributed by atoms with Gasteiger partial charge in [0.1, 0.15) is 6.29 Å². The van der Waals surface area contributed by atoms with Gasteiger partial charge >= 0.3 is 5.97 Å². The molecular formula is C11H15NO3. The van der Waals surface area contributed by atoms with Gasteiger partial charge in [-0.15, -0.1) is 0 Å². The number of aldehydes is 1. The number of benzene rings is 1. The molecule has 0 bridgehead atoms. The Balaban J connectivity index is 0.000000583. The second-order valence-electron chi connectivity index (χ2n) is 2.55. The highest BCUT2D eigenvalue weighted by molar-refractivity contribution is 5.89. The highest BCUT2D eigenvalue weighted by Gasteiger charge is 2.02. The van der Waals surface area contributed by atoms with Gasteiger partial charge in [0.25, 0.3) is 0 Å². The Morgan fingerprint density at radius 1 is 1.33 bits per heavy atom. The fourth-order valence-corrected chi connectivity index (χ4v) is 0.891. The average molecular weight is 209 g/mol. The van der Waals surface area contributed by atoms with Crippen molar-refractivity contribution in [3.8, 4) is 0 Å². The molecule has 1 aromatic carbocycles. The van der Waals surface area contributed by atoms with Gasteiger partial charge in [-0.1, -0.05) is 0 Å². The molecule has 82 valence electrons. The molecule has 0 saturated carbocycles. The highest BCUT2D eigenvalue weighted by atomic mass is 16.5. The standard InChI is InChI=1S/C9H11NO2.C2H4O/c1-10-8-5-3-7(4-6-8)9(11)12-2;1-2-3/h3-6,10H,1-2H3;2H,1H3. The monoisotopic (exact) mass is 209 g/mol. The number of methoxy groups -OCH3 is 1. The van der Waals surface area contributed by atoms with E-state index in [2.05, 4.69) is 10.1 Å². The summed E-state index contributed by atoms with van der Waals surface area (Å²) in [5.74, 6) is -0.308. The van der Waals surface area contributed by atoms with Gasteiger partial charge in [0.05, 0.1) is 12.7 Å². The molecule has 0 heterocycles. The van der Waals surface area contributed by atoms with Crippen LogP contribution in [-0.4, -0.2) is 26.4 Å². The topological polar surface area (TPSA) is 55.4 Å². The predicted molar refractivity (Wildman–Crippen MR) is 59.1 cm³/mol. The van der Waals surface area contributed by atoms with Crippen molar-refractivity contribution in [2.75, 3.05) is 19.5 Å². The molecule has 1 N–H and O–H groups in total. The maximum absolute atomic E-state index is 11.0. The molecule has 0 aliphatic heterocycles. The molecule has 0 aliphatic carbocycles. The first-order valence-electron chi connectivity index (χ1n) is 4.45. The molecule has 0 unspecified atom stereocenters. The van der Waals surface area contributed by atoms with Crippen LogP contribution in [0.15, 0.2) is 24.3 Å². The SMILES string of the molecule is CC=O.CNc1ccc(C(=O)OC)cc1. The molecule has 0 spiro atoms. The summed E-state index contributed by atoms with van der Waals surface area (Å²) in [5, 5.41) is 2.96. The van der Waals surface area contributed by atoms with Crippen molar-refractivity contribution < 1.29 is 14.3 Å². The number of ether oxygens (including phenoxy) is 1. The lowest BCUT2D eigenvalue weighted by molar-refractivity contribution is -0.106. The molecule has 4 heteroatoms. The number of anilines is 1. The zero-order chi connectivity index (χ0) is 11.7. The maximum atomic E-state index is 11.0. The van der Waals surface area contributed by atoms with E-state index in [0.29, 0.717) is 5.56 Å². The van der Waals surface area contributed by atoms with E-state index in [1.54, 1.807) is 12.1 Å². The van der Waals surface area contributed by atoms with E-state index >= 15 is 0 Å². The third-order valence-corrected chi connectivity index (χ3v) is 1.59. The molecule has 0 aliphatic rings. The number of carbonyl (C=O) groups is 2. The van der Waals surface area contributed by atoms with Crippen LogP contribution in [0.5, 0.6) is 0 Å². The zero-order valence-electron chi connectivity index (χ0n) is 9.11. The summed E-state index contributed by atoms with van der Waals surface area (Å²) in [5.41, 5.74) is 1.54. The van der Waals surface area contributed by atoms with Crippen LogP contribution in [0.2, 0.25) is 0 Å². The van der Waals surface area contributed by atoms with Crippen LogP contribution in [0.3, 0.4) is 0 Å². The van der Waals surface area contributed by atoms with E-state index in [9.17, 15) is 4.79 Å². The third kappa shape index (κ3) is 4.81. The van der Waals surface area contributed by atoms with Gasteiger partial charge in [0.15, 0.2) is 0 Å². The number of esters is 1. The van der Waals surface area contributed by atoms with E-state index in [1.165, 1.54) is 14.0 Å². The number of rotatable bonds is 2. The molecule has 0 fully saturated rings. The number of hydrogen-bond donors (Lipinski definition) is 1. The Bertz CT molecular complexity index is 306. The van der Waals surface area contributed by atoms with Gasteiger partial charge in [-0.2, -0.15) is 0 Å². The first-order chi connectivity index (χ1) is 7.19. The molecule has 0 aromatic heterocycles. The molecule has 0 radical (unpaired) electrons. The zero-order valence-corrected chi connectivity index (χ0v) is 9.11. The van der Waals surface area contributed by atoms with Gasteiger partial charge in [0.2, 0.25) is 0 Å². The summed E-state index contributed by atoms with van der Waals surface area (Å²) in [6.07, 6.45) is 0.750. The van der Waals surface area contributed by atoms with Crippen LogP contribution >= 0.6 is 0 Å². The number of hydrogen-bond acceptors (Lipinski definition) is 4. The van der Waals surface area contributed by atoms with Crippen molar-refractivity contribution in [3.05, 3.63) is 29.8 Å². The van der Waals surface area contributed by atoms with Crippen molar-refractivity contribution >= 4 is 17.9 Å². The van der Waals surface area contributed by atoms with Crippen LogP contribution < -0.4 is 5.32 Å². The summed E-state index contributed by atoms with van der Waals surface area (Å²) in [4.78, 5) is 19.8.